The third-order valence-corrected chi connectivity index (χ3v) is 2.90. The van der Waals surface area contributed by atoms with Crippen LogP contribution in [0, 0.1) is 0 Å². The van der Waals surface area contributed by atoms with Crippen LogP contribution < -0.4 is 5.32 Å². The van der Waals surface area contributed by atoms with Gasteiger partial charge in [0.2, 0.25) is 5.91 Å². The first kappa shape index (κ1) is 16.0. The van der Waals surface area contributed by atoms with Gasteiger partial charge in [-0.1, -0.05) is 38.1 Å². The molecule has 0 radical (unpaired) electrons. The summed E-state index contributed by atoms with van der Waals surface area (Å²) in [5, 5.41) is 11.1. The van der Waals surface area contributed by atoms with Crippen LogP contribution in [0.1, 0.15) is 43.7 Å². The van der Waals surface area contributed by atoms with E-state index in [1.54, 1.807) is 6.08 Å². The van der Waals surface area contributed by atoms with Gasteiger partial charge in [0.05, 0.1) is 0 Å². The molecule has 1 aromatic carbocycles. The molecule has 0 bridgehead atoms. The number of hydrogen-bond acceptors (Lipinski definition) is 2. The number of aliphatic carboxylic acids is 1. The molecule has 0 atom stereocenters. The average molecular weight is 275 g/mol. The lowest BCUT2D eigenvalue weighted by atomic mass is 10.0. The second-order valence-electron chi connectivity index (χ2n) is 4.94. The monoisotopic (exact) mass is 275 g/mol. The molecule has 0 saturated carbocycles. The molecule has 108 valence electrons. The summed E-state index contributed by atoms with van der Waals surface area (Å²) in [6, 6.07) is 8.05. The minimum absolute atomic E-state index is 0.0701. The molecule has 0 spiro atoms. The van der Waals surface area contributed by atoms with Crippen molar-refractivity contribution in [3.05, 3.63) is 41.5 Å². The summed E-state index contributed by atoms with van der Waals surface area (Å²) in [5.41, 5.74) is 2.23. The van der Waals surface area contributed by atoms with Crippen molar-refractivity contribution in [1.29, 1.82) is 0 Å². The Hall–Kier alpha value is -2.10. The van der Waals surface area contributed by atoms with Crippen molar-refractivity contribution in [2.75, 3.05) is 6.54 Å². The quantitative estimate of drug-likeness (QED) is 0.594. The van der Waals surface area contributed by atoms with Crippen molar-refractivity contribution >= 4 is 18.0 Å². The van der Waals surface area contributed by atoms with Crippen LogP contribution in [0.5, 0.6) is 0 Å². The molecule has 1 aromatic rings. The van der Waals surface area contributed by atoms with Crippen molar-refractivity contribution in [2.24, 2.45) is 0 Å². The van der Waals surface area contributed by atoms with Crippen molar-refractivity contribution < 1.29 is 14.7 Å². The molecule has 0 fully saturated rings. The SMILES string of the molecule is CC(C)c1ccc(/C=C/C(=O)NCCCC(=O)O)cc1. The van der Waals surface area contributed by atoms with Crippen LogP contribution in [0.2, 0.25) is 0 Å². The van der Waals surface area contributed by atoms with E-state index in [0.29, 0.717) is 18.9 Å². The zero-order chi connectivity index (χ0) is 15.0. The summed E-state index contributed by atoms with van der Waals surface area (Å²) in [5.74, 6) is -0.561. The molecule has 0 aliphatic rings. The molecule has 0 heterocycles. The smallest absolute Gasteiger partial charge is 0.303 e. The van der Waals surface area contributed by atoms with Crippen molar-refractivity contribution in [2.45, 2.75) is 32.6 Å². The molecule has 1 amide bonds. The number of amides is 1. The maximum Gasteiger partial charge on any atom is 0.303 e. The lowest BCUT2D eigenvalue weighted by Gasteiger charge is -2.04. The van der Waals surface area contributed by atoms with Gasteiger partial charge in [-0.05, 0) is 29.5 Å². The minimum Gasteiger partial charge on any atom is -0.481 e. The Morgan fingerprint density at radius 3 is 2.45 bits per heavy atom. The largest absolute Gasteiger partial charge is 0.481 e. The molecular weight excluding hydrogens is 254 g/mol. The first-order chi connectivity index (χ1) is 9.49. The number of rotatable bonds is 7. The number of benzene rings is 1. The van der Waals surface area contributed by atoms with Crippen LogP contribution in [0.15, 0.2) is 30.3 Å². The third-order valence-electron chi connectivity index (χ3n) is 2.90. The Labute approximate surface area is 119 Å². The van der Waals surface area contributed by atoms with E-state index in [4.69, 9.17) is 5.11 Å². The highest BCUT2D eigenvalue weighted by molar-refractivity contribution is 5.91. The molecular formula is C16H21NO3. The van der Waals surface area contributed by atoms with E-state index in [1.807, 2.05) is 12.1 Å². The summed E-state index contributed by atoms with van der Waals surface area (Å²) in [4.78, 5) is 21.8. The molecule has 0 aliphatic heterocycles. The number of nitrogens with one attached hydrogen (secondary N) is 1. The third kappa shape index (κ3) is 6.18. The van der Waals surface area contributed by atoms with Crippen molar-refractivity contribution in [1.82, 2.24) is 5.32 Å². The van der Waals surface area contributed by atoms with E-state index in [9.17, 15) is 9.59 Å². The van der Waals surface area contributed by atoms with Gasteiger partial charge >= 0.3 is 5.97 Å². The fraction of sp³-hybridized carbons (Fsp3) is 0.375. The van der Waals surface area contributed by atoms with Crippen LogP contribution in [-0.4, -0.2) is 23.5 Å². The van der Waals surface area contributed by atoms with E-state index < -0.39 is 5.97 Å². The minimum atomic E-state index is -0.847. The van der Waals surface area contributed by atoms with Crippen LogP contribution in [-0.2, 0) is 9.59 Å². The lowest BCUT2D eigenvalue weighted by Crippen LogP contribution is -2.22. The van der Waals surface area contributed by atoms with E-state index in [2.05, 4.69) is 31.3 Å². The Bertz CT molecular complexity index is 475. The summed E-state index contributed by atoms with van der Waals surface area (Å²) in [6.07, 6.45) is 3.72. The molecule has 2 N–H and O–H groups in total. The Morgan fingerprint density at radius 2 is 1.90 bits per heavy atom. The number of carboxylic acid groups (broad SMARTS) is 1. The van der Waals surface area contributed by atoms with Crippen LogP contribution in [0.3, 0.4) is 0 Å². The van der Waals surface area contributed by atoms with Crippen molar-refractivity contribution in [3.63, 3.8) is 0 Å². The molecule has 4 heteroatoms. The second kappa shape index (κ2) is 8.15. The highest BCUT2D eigenvalue weighted by atomic mass is 16.4. The van der Waals surface area contributed by atoms with Crippen molar-refractivity contribution in [3.8, 4) is 0 Å². The first-order valence-corrected chi connectivity index (χ1v) is 6.76. The van der Waals surface area contributed by atoms with Gasteiger partial charge in [0.15, 0.2) is 0 Å². The van der Waals surface area contributed by atoms with Gasteiger partial charge in [0, 0.05) is 19.0 Å². The fourth-order valence-corrected chi connectivity index (χ4v) is 1.67. The number of hydrogen-bond donors (Lipinski definition) is 2. The maximum absolute atomic E-state index is 11.5. The maximum atomic E-state index is 11.5. The van der Waals surface area contributed by atoms with Gasteiger partial charge in [-0.3, -0.25) is 9.59 Å². The number of carbonyl (C=O) groups excluding carboxylic acids is 1. The number of carboxylic acids is 1. The van der Waals surface area contributed by atoms with Gasteiger partial charge in [0.25, 0.3) is 0 Å². The highest BCUT2D eigenvalue weighted by Crippen LogP contribution is 2.15. The zero-order valence-corrected chi connectivity index (χ0v) is 11.9. The highest BCUT2D eigenvalue weighted by Gasteiger charge is 1.99. The van der Waals surface area contributed by atoms with Gasteiger partial charge in [-0.2, -0.15) is 0 Å². The summed E-state index contributed by atoms with van der Waals surface area (Å²) >= 11 is 0. The van der Waals surface area contributed by atoms with E-state index >= 15 is 0 Å². The molecule has 0 aromatic heterocycles. The van der Waals surface area contributed by atoms with Gasteiger partial charge < -0.3 is 10.4 Å². The molecule has 0 unspecified atom stereocenters. The van der Waals surface area contributed by atoms with Crippen LogP contribution >= 0.6 is 0 Å². The lowest BCUT2D eigenvalue weighted by molar-refractivity contribution is -0.137. The summed E-state index contributed by atoms with van der Waals surface area (Å²) in [7, 11) is 0. The first-order valence-electron chi connectivity index (χ1n) is 6.76. The normalized spacial score (nSPS) is 10.9. The summed E-state index contributed by atoms with van der Waals surface area (Å²) < 4.78 is 0. The molecule has 20 heavy (non-hydrogen) atoms. The standard InChI is InChI=1S/C16H21NO3/c1-12(2)14-8-5-13(6-9-14)7-10-15(18)17-11-3-4-16(19)20/h5-10,12H,3-4,11H2,1-2H3,(H,17,18)(H,19,20)/b10-7+. The van der Waals surface area contributed by atoms with Gasteiger partial charge in [0.1, 0.15) is 0 Å². The zero-order valence-electron chi connectivity index (χ0n) is 11.9. The molecule has 0 aliphatic carbocycles. The predicted octanol–water partition coefficient (Wildman–Crippen LogP) is 2.80. The van der Waals surface area contributed by atoms with Crippen LogP contribution in [0.4, 0.5) is 0 Å². The van der Waals surface area contributed by atoms with E-state index in [1.165, 1.54) is 11.6 Å². The van der Waals surface area contributed by atoms with Gasteiger partial charge in [-0.25, -0.2) is 0 Å². The Kier molecular flexibility index (Phi) is 6.50. The van der Waals surface area contributed by atoms with E-state index in [-0.39, 0.29) is 12.3 Å². The number of carbonyl (C=O) groups is 2. The molecule has 0 saturated heterocycles. The topological polar surface area (TPSA) is 66.4 Å². The predicted molar refractivity (Wildman–Crippen MR) is 79.4 cm³/mol. The second-order valence-corrected chi connectivity index (χ2v) is 4.94. The Morgan fingerprint density at radius 1 is 1.25 bits per heavy atom. The van der Waals surface area contributed by atoms with Gasteiger partial charge in [-0.15, -0.1) is 0 Å². The Balaban J connectivity index is 2.39. The fourth-order valence-electron chi connectivity index (χ4n) is 1.67. The van der Waals surface area contributed by atoms with Crippen LogP contribution in [0.25, 0.3) is 6.08 Å². The molecule has 4 nitrogen and oxygen atoms in total. The average Bonchev–Trinajstić information content (AvgIpc) is 2.41. The molecule has 1 rings (SSSR count). The van der Waals surface area contributed by atoms with E-state index in [0.717, 1.165) is 5.56 Å². The summed E-state index contributed by atoms with van der Waals surface area (Å²) in [6.45, 7) is 4.65.